The smallest absolute Gasteiger partial charge is 0.0481 e. The van der Waals surface area contributed by atoms with Gasteiger partial charge in [0.25, 0.3) is 0 Å². The van der Waals surface area contributed by atoms with Crippen LogP contribution in [0.3, 0.4) is 0 Å². The molecule has 0 spiro atoms. The highest BCUT2D eigenvalue weighted by Crippen LogP contribution is 2.50. The van der Waals surface area contributed by atoms with E-state index in [-0.39, 0.29) is 0 Å². The van der Waals surface area contributed by atoms with E-state index in [0.717, 1.165) is 0 Å². The van der Waals surface area contributed by atoms with Gasteiger partial charge in [0.05, 0.1) is 0 Å². The minimum atomic E-state index is 1.18. The molecule has 0 radical (unpaired) electrons. The van der Waals surface area contributed by atoms with Crippen molar-refractivity contribution in [3.05, 3.63) is 106 Å². The number of thiophene rings is 8. The third kappa shape index (κ3) is 16.1. The highest BCUT2D eigenvalue weighted by atomic mass is 32.1. The van der Waals surface area contributed by atoms with Crippen molar-refractivity contribution >= 4 is 90.7 Å². The molecule has 0 amide bonds. The summed E-state index contributed by atoms with van der Waals surface area (Å²) in [4.78, 5) is 20.1. The molecule has 0 saturated carbocycles. The second kappa shape index (κ2) is 30.4. The average molecular weight is 1110 g/mol. The highest BCUT2D eigenvalue weighted by molar-refractivity contribution is 7.31. The van der Waals surface area contributed by atoms with Crippen LogP contribution in [0.1, 0.15) is 204 Å². The molecule has 8 aromatic heterocycles. The molecule has 0 nitrogen and oxygen atoms in total. The molecule has 8 aromatic rings. The molecule has 0 bridgehead atoms. The van der Waals surface area contributed by atoms with E-state index in [1.807, 2.05) is 79.4 Å². The zero-order valence-electron chi connectivity index (χ0n) is 44.1. The van der Waals surface area contributed by atoms with Gasteiger partial charge in [-0.2, -0.15) is 0 Å². The van der Waals surface area contributed by atoms with Crippen LogP contribution in [0.5, 0.6) is 0 Å². The second-order valence-electron chi connectivity index (χ2n) is 20.3. The quantitative estimate of drug-likeness (QED) is 0.0347. The Labute approximate surface area is 468 Å². The topological polar surface area (TPSA) is 0 Å². The Balaban J connectivity index is 0.952. The Kier molecular flexibility index (Phi) is 23.5. The first-order chi connectivity index (χ1) is 35.5. The Morgan fingerprint density at radius 1 is 0.264 bits per heavy atom. The van der Waals surface area contributed by atoms with Crippen molar-refractivity contribution in [2.75, 3.05) is 0 Å². The van der Waals surface area contributed by atoms with Crippen molar-refractivity contribution in [2.24, 2.45) is 0 Å². The van der Waals surface area contributed by atoms with E-state index in [1.54, 1.807) is 16.7 Å². The maximum absolute atomic E-state index is 2.58. The van der Waals surface area contributed by atoms with Crippen LogP contribution in [0.25, 0.3) is 68.3 Å². The molecule has 0 unspecified atom stereocenters. The van der Waals surface area contributed by atoms with Gasteiger partial charge in [-0.15, -0.1) is 90.7 Å². The summed E-state index contributed by atoms with van der Waals surface area (Å²) in [5.41, 5.74) is 6.22. The van der Waals surface area contributed by atoms with E-state index >= 15 is 0 Å². The van der Waals surface area contributed by atoms with Crippen molar-refractivity contribution in [1.82, 2.24) is 0 Å². The Hall–Kier alpha value is -2.40. The summed E-state index contributed by atoms with van der Waals surface area (Å²) in [5.74, 6) is 0. The minimum Gasteiger partial charge on any atom is -0.143 e. The monoisotopic (exact) mass is 1110 g/mol. The molecule has 386 valence electrons. The van der Waals surface area contributed by atoms with Crippen LogP contribution in [0.2, 0.25) is 0 Å². The molecule has 0 N–H and O–H groups in total. The molecule has 8 rings (SSSR count). The first-order valence-corrected chi connectivity index (χ1v) is 35.0. The van der Waals surface area contributed by atoms with Crippen molar-refractivity contribution in [3.63, 3.8) is 0 Å². The lowest BCUT2D eigenvalue weighted by Crippen LogP contribution is -1.87. The molecular formula is C64H82S8. The Morgan fingerprint density at radius 3 is 1.08 bits per heavy atom. The van der Waals surface area contributed by atoms with E-state index in [2.05, 4.69) is 123 Å². The predicted molar refractivity (Wildman–Crippen MR) is 336 cm³/mol. The molecule has 0 atom stereocenters. The number of unbranched alkanes of at least 4 members (excludes halogenated alkanes) is 20. The third-order valence-electron chi connectivity index (χ3n) is 14.3. The van der Waals surface area contributed by atoms with E-state index < -0.39 is 0 Å². The van der Waals surface area contributed by atoms with E-state index in [0.29, 0.717) is 0 Å². The van der Waals surface area contributed by atoms with Gasteiger partial charge in [-0.3, -0.25) is 0 Å². The molecule has 0 aliphatic rings. The molecule has 0 saturated heterocycles. The van der Waals surface area contributed by atoms with Gasteiger partial charge in [0.15, 0.2) is 0 Å². The summed E-state index contributed by atoms with van der Waals surface area (Å²) in [6.45, 7) is 9.25. The van der Waals surface area contributed by atoms with E-state index in [9.17, 15) is 0 Å². The van der Waals surface area contributed by atoms with Crippen LogP contribution in [-0.4, -0.2) is 0 Å². The SMILES string of the molecule is CCCCCCCCc1csc(-c2cc(CCCCCCCC)c(-c3ccc(-c4ccc(-c5ccc(-c6ccc(-c7sc(-c8sccc8CCCCCCCC)cc7CCCCCCCC)s6)s5)s4)s3)s2)c1. The van der Waals surface area contributed by atoms with Gasteiger partial charge in [-0.05, 0) is 157 Å². The molecule has 0 fully saturated rings. The van der Waals surface area contributed by atoms with Crippen molar-refractivity contribution in [2.45, 2.75) is 207 Å². The molecule has 0 aliphatic carbocycles. The van der Waals surface area contributed by atoms with Crippen LogP contribution in [-0.2, 0) is 25.7 Å². The lowest BCUT2D eigenvalue weighted by atomic mass is 10.0. The van der Waals surface area contributed by atoms with Crippen LogP contribution < -0.4 is 0 Å². The van der Waals surface area contributed by atoms with Crippen molar-refractivity contribution < 1.29 is 0 Å². The first kappa shape index (κ1) is 55.8. The first-order valence-electron chi connectivity index (χ1n) is 28.4. The minimum absolute atomic E-state index is 1.18. The standard InChI is InChI=1S/C64H82S8/c1-5-9-13-17-21-25-29-47-43-59(66-46-47)60-44-49(31-27-23-19-15-11-7-3)63(71-60)57-39-37-55(69-57)53-35-33-51(67-53)52-34-36-54(68-52)56-38-40-58(70-56)64-50(32-28-24-20-16-12-8-4)45-61(72-64)62-48(41-42-65-62)30-26-22-18-14-10-6-2/h33-46H,5-32H2,1-4H3. The normalized spacial score (nSPS) is 11.8. The molecule has 0 aromatic carbocycles. The average Bonchev–Trinajstić information content (AvgIpc) is 4.24. The van der Waals surface area contributed by atoms with Crippen LogP contribution in [0.15, 0.2) is 83.6 Å². The summed E-state index contributed by atoms with van der Waals surface area (Å²) < 4.78 is 0. The number of hydrogen-bond acceptors (Lipinski definition) is 8. The van der Waals surface area contributed by atoms with E-state index in [1.165, 1.54) is 254 Å². The summed E-state index contributed by atoms with van der Waals surface area (Å²) >= 11 is 15.9. The second-order valence-corrected chi connectivity index (χ2v) is 28.5. The number of aryl methyl sites for hydroxylation is 4. The van der Waals surface area contributed by atoms with Gasteiger partial charge in [0.2, 0.25) is 0 Å². The fourth-order valence-corrected chi connectivity index (χ4v) is 19.2. The number of hydrogen-bond donors (Lipinski definition) is 0. The molecule has 8 heteroatoms. The van der Waals surface area contributed by atoms with E-state index in [4.69, 9.17) is 0 Å². The van der Waals surface area contributed by atoms with Gasteiger partial charge in [-0.1, -0.05) is 156 Å². The summed E-state index contributed by atoms with van der Waals surface area (Å²) in [7, 11) is 0. The maximum Gasteiger partial charge on any atom is 0.0481 e. The van der Waals surface area contributed by atoms with Crippen LogP contribution >= 0.6 is 90.7 Å². The van der Waals surface area contributed by atoms with Gasteiger partial charge >= 0.3 is 0 Å². The van der Waals surface area contributed by atoms with Gasteiger partial charge in [-0.25, -0.2) is 0 Å². The predicted octanol–water partition coefficient (Wildman–Crippen LogP) is 25.5. The van der Waals surface area contributed by atoms with Crippen molar-refractivity contribution in [3.8, 4) is 68.3 Å². The largest absolute Gasteiger partial charge is 0.143 e. The molecule has 8 heterocycles. The lowest BCUT2D eigenvalue weighted by molar-refractivity contribution is 0.608. The molecule has 72 heavy (non-hydrogen) atoms. The summed E-state index contributed by atoms with van der Waals surface area (Å²) in [6, 6.07) is 29.2. The maximum atomic E-state index is 2.58. The Bertz CT molecular complexity index is 2740. The lowest BCUT2D eigenvalue weighted by Gasteiger charge is -2.03. The molecule has 0 aliphatic heterocycles. The number of rotatable bonds is 35. The Morgan fingerprint density at radius 2 is 0.625 bits per heavy atom. The van der Waals surface area contributed by atoms with Gasteiger partial charge < -0.3 is 0 Å². The molecular weight excluding hydrogens is 1030 g/mol. The zero-order valence-corrected chi connectivity index (χ0v) is 50.7. The van der Waals surface area contributed by atoms with Crippen molar-refractivity contribution in [1.29, 1.82) is 0 Å². The highest BCUT2D eigenvalue weighted by Gasteiger charge is 2.20. The van der Waals surface area contributed by atoms with Gasteiger partial charge in [0.1, 0.15) is 0 Å². The van der Waals surface area contributed by atoms with Crippen LogP contribution in [0, 0.1) is 0 Å². The summed E-state index contributed by atoms with van der Waals surface area (Å²) in [6.07, 6.45) is 37.2. The zero-order chi connectivity index (χ0) is 49.7. The summed E-state index contributed by atoms with van der Waals surface area (Å²) in [5, 5.41) is 4.77. The third-order valence-corrected chi connectivity index (χ3v) is 24.3. The fourth-order valence-electron chi connectivity index (χ4n) is 10.1. The van der Waals surface area contributed by atoms with Gasteiger partial charge in [0, 0.05) is 68.3 Å². The fraction of sp³-hybridized carbons (Fsp3) is 0.500. The van der Waals surface area contributed by atoms with Crippen LogP contribution in [0.4, 0.5) is 0 Å².